The number of halogens is 1. The van der Waals surface area contributed by atoms with E-state index in [0.717, 1.165) is 42.5 Å². The SMILES string of the molecule is O=C1N(C2CCCCC2)C[C@]2(Cc3ccccc3)c3cc(Cl)ccc3N[C@]12O. The van der Waals surface area contributed by atoms with Crippen LogP contribution < -0.4 is 5.32 Å². The Bertz CT molecular complexity index is 912. The summed E-state index contributed by atoms with van der Waals surface area (Å²) in [5.74, 6) is -0.192. The van der Waals surface area contributed by atoms with Gasteiger partial charge in [0.25, 0.3) is 5.91 Å². The van der Waals surface area contributed by atoms with Crippen LogP contribution in [0.5, 0.6) is 0 Å². The summed E-state index contributed by atoms with van der Waals surface area (Å²) in [5, 5.41) is 15.6. The molecule has 2 atom stereocenters. The minimum Gasteiger partial charge on any atom is -0.362 e. The number of fused-ring (bicyclic) bond motifs is 3. The molecular formula is C23H25ClN2O2. The number of nitrogens with zero attached hydrogens (tertiary/aromatic N) is 1. The molecule has 3 aliphatic rings. The first-order valence-corrected chi connectivity index (χ1v) is 10.6. The summed E-state index contributed by atoms with van der Waals surface area (Å²) >= 11 is 6.34. The van der Waals surface area contributed by atoms with Gasteiger partial charge in [-0.1, -0.05) is 61.2 Å². The summed E-state index contributed by atoms with van der Waals surface area (Å²) in [7, 11) is 0. The average molecular weight is 397 g/mol. The lowest BCUT2D eigenvalue weighted by atomic mass is 9.72. The summed E-state index contributed by atoms with van der Waals surface area (Å²) in [4.78, 5) is 15.5. The second-order valence-electron chi connectivity index (χ2n) is 8.49. The molecule has 5 rings (SSSR count). The fourth-order valence-electron chi connectivity index (χ4n) is 5.47. The van der Waals surface area contributed by atoms with E-state index in [1.54, 1.807) is 6.07 Å². The first-order chi connectivity index (χ1) is 13.5. The maximum Gasteiger partial charge on any atom is 0.277 e. The first-order valence-electron chi connectivity index (χ1n) is 10.2. The fraction of sp³-hybridized carbons (Fsp3) is 0.435. The molecule has 2 aliphatic heterocycles. The minimum absolute atomic E-state index is 0.192. The molecule has 0 aromatic heterocycles. The molecule has 2 fully saturated rings. The summed E-state index contributed by atoms with van der Waals surface area (Å²) in [6.07, 6.45) is 6.15. The maximum absolute atomic E-state index is 13.5. The molecule has 1 aliphatic carbocycles. The van der Waals surface area contributed by atoms with Gasteiger partial charge in [-0.05, 0) is 48.6 Å². The molecule has 2 N–H and O–H groups in total. The normalized spacial score (nSPS) is 29.5. The third-order valence-corrected chi connectivity index (χ3v) is 7.12. The zero-order chi connectivity index (χ0) is 19.4. The summed E-state index contributed by atoms with van der Waals surface area (Å²) < 4.78 is 0. The van der Waals surface area contributed by atoms with Crippen LogP contribution in [0, 0.1) is 0 Å². The Morgan fingerprint density at radius 3 is 2.61 bits per heavy atom. The van der Waals surface area contributed by atoms with Crippen molar-refractivity contribution < 1.29 is 9.90 Å². The van der Waals surface area contributed by atoms with Crippen molar-refractivity contribution in [2.75, 3.05) is 11.9 Å². The molecular weight excluding hydrogens is 372 g/mol. The number of likely N-dealkylation sites (tertiary alicyclic amines) is 1. The first kappa shape index (κ1) is 18.0. The highest BCUT2D eigenvalue weighted by Gasteiger charge is 2.68. The Labute approximate surface area is 170 Å². The summed E-state index contributed by atoms with van der Waals surface area (Å²) in [6, 6.07) is 15.9. The third-order valence-electron chi connectivity index (χ3n) is 6.88. The van der Waals surface area contributed by atoms with Gasteiger partial charge >= 0.3 is 0 Å². The van der Waals surface area contributed by atoms with Gasteiger partial charge in [0.1, 0.15) is 0 Å². The Hall–Kier alpha value is -2.04. The molecule has 2 aromatic rings. The highest BCUT2D eigenvalue weighted by molar-refractivity contribution is 6.30. The second-order valence-corrected chi connectivity index (χ2v) is 8.93. The van der Waals surface area contributed by atoms with E-state index in [-0.39, 0.29) is 11.9 Å². The van der Waals surface area contributed by atoms with Gasteiger partial charge in [0.05, 0.1) is 5.41 Å². The lowest BCUT2D eigenvalue weighted by molar-refractivity contribution is -0.144. The fourth-order valence-corrected chi connectivity index (χ4v) is 5.64. The van der Waals surface area contributed by atoms with E-state index in [2.05, 4.69) is 17.4 Å². The standard InChI is InChI=1S/C23H25ClN2O2/c24-17-11-12-20-19(13-17)22(14-16-7-3-1-4-8-16)15-26(18-9-5-2-6-10-18)21(27)23(22,28)25-20/h1,3-4,7-8,11-13,18,25,28H,2,5-6,9-10,14-15H2/t22-,23+/m1/s1. The van der Waals surface area contributed by atoms with Crippen LogP contribution >= 0.6 is 11.6 Å². The van der Waals surface area contributed by atoms with Crippen LogP contribution in [0.3, 0.4) is 0 Å². The van der Waals surface area contributed by atoms with Crippen LogP contribution in [0.15, 0.2) is 48.5 Å². The van der Waals surface area contributed by atoms with E-state index in [1.165, 1.54) is 6.42 Å². The number of rotatable bonds is 3. The van der Waals surface area contributed by atoms with Crippen molar-refractivity contribution in [3.63, 3.8) is 0 Å². The molecule has 0 unspecified atom stereocenters. The Morgan fingerprint density at radius 1 is 1.11 bits per heavy atom. The number of carbonyl (C=O) groups excluding carboxylic acids is 1. The van der Waals surface area contributed by atoms with Crippen LogP contribution in [0.1, 0.15) is 43.2 Å². The molecule has 2 heterocycles. The highest BCUT2D eigenvalue weighted by Crippen LogP contribution is 2.54. The van der Waals surface area contributed by atoms with Gasteiger partial charge in [-0.2, -0.15) is 0 Å². The monoisotopic (exact) mass is 396 g/mol. The van der Waals surface area contributed by atoms with Gasteiger partial charge in [0.15, 0.2) is 0 Å². The van der Waals surface area contributed by atoms with Crippen LogP contribution in [-0.4, -0.2) is 34.2 Å². The second kappa shape index (κ2) is 6.50. The zero-order valence-corrected chi connectivity index (χ0v) is 16.6. The van der Waals surface area contributed by atoms with Crippen LogP contribution in [0.2, 0.25) is 5.02 Å². The third kappa shape index (κ3) is 2.51. The van der Waals surface area contributed by atoms with Gasteiger partial charge in [-0.3, -0.25) is 4.79 Å². The Morgan fingerprint density at radius 2 is 1.86 bits per heavy atom. The highest BCUT2D eigenvalue weighted by atomic mass is 35.5. The Kier molecular flexibility index (Phi) is 4.18. The quantitative estimate of drug-likeness (QED) is 0.820. The minimum atomic E-state index is -1.63. The van der Waals surface area contributed by atoms with Crippen molar-refractivity contribution in [3.8, 4) is 0 Å². The maximum atomic E-state index is 13.5. The predicted octanol–water partition coefficient (Wildman–Crippen LogP) is 4.11. The number of aliphatic hydroxyl groups is 1. The van der Waals surface area contributed by atoms with Crippen molar-refractivity contribution in [1.29, 1.82) is 0 Å². The molecule has 0 spiro atoms. The number of nitrogens with one attached hydrogen (secondary N) is 1. The molecule has 4 nitrogen and oxygen atoms in total. The predicted molar refractivity (Wildman–Crippen MR) is 110 cm³/mol. The molecule has 0 bridgehead atoms. The molecule has 28 heavy (non-hydrogen) atoms. The van der Waals surface area contributed by atoms with Gasteiger partial charge in [-0.15, -0.1) is 0 Å². The lowest BCUT2D eigenvalue weighted by Gasteiger charge is -2.34. The van der Waals surface area contributed by atoms with E-state index in [4.69, 9.17) is 11.6 Å². The van der Waals surface area contributed by atoms with E-state index in [0.29, 0.717) is 18.0 Å². The largest absolute Gasteiger partial charge is 0.362 e. The molecule has 1 saturated heterocycles. The van der Waals surface area contributed by atoms with Gasteiger partial charge in [0, 0.05) is 23.3 Å². The van der Waals surface area contributed by atoms with Crippen molar-refractivity contribution >= 4 is 23.2 Å². The molecule has 0 radical (unpaired) electrons. The van der Waals surface area contributed by atoms with Crippen molar-refractivity contribution in [2.24, 2.45) is 0 Å². The molecule has 146 valence electrons. The number of hydrogen-bond donors (Lipinski definition) is 2. The van der Waals surface area contributed by atoms with E-state index in [9.17, 15) is 9.90 Å². The van der Waals surface area contributed by atoms with Gasteiger partial charge in [0.2, 0.25) is 5.72 Å². The number of anilines is 1. The molecule has 1 amide bonds. The van der Waals surface area contributed by atoms with E-state index < -0.39 is 11.1 Å². The number of carbonyl (C=O) groups is 1. The number of benzene rings is 2. The van der Waals surface area contributed by atoms with Crippen molar-refractivity contribution in [2.45, 2.75) is 55.7 Å². The number of hydrogen-bond acceptors (Lipinski definition) is 3. The topological polar surface area (TPSA) is 52.6 Å². The van der Waals surface area contributed by atoms with Crippen LogP contribution in [0.4, 0.5) is 5.69 Å². The smallest absolute Gasteiger partial charge is 0.277 e. The summed E-state index contributed by atoms with van der Waals surface area (Å²) in [5.41, 5.74) is 0.475. The molecule has 5 heteroatoms. The zero-order valence-electron chi connectivity index (χ0n) is 15.8. The average Bonchev–Trinajstić information content (AvgIpc) is 3.08. The number of amides is 1. The van der Waals surface area contributed by atoms with E-state index in [1.807, 2.05) is 35.2 Å². The van der Waals surface area contributed by atoms with Crippen molar-refractivity contribution in [1.82, 2.24) is 4.90 Å². The van der Waals surface area contributed by atoms with Gasteiger partial charge < -0.3 is 15.3 Å². The van der Waals surface area contributed by atoms with E-state index >= 15 is 0 Å². The van der Waals surface area contributed by atoms with Crippen molar-refractivity contribution in [3.05, 3.63) is 64.7 Å². The lowest BCUT2D eigenvalue weighted by Crippen LogP contribution is -2.55. The van der Waals surface area contributed by atoms with Crippen LogP contribution in [0.25, 0.3) is 0 Å². The molecule has 2 aromatic carbocycles. The van der Waals surface area contributed by atoms with Crippen LogP contribution in [-0.2, 0) is 16.6 Å². The summed E-state index contributed by atoms with van der Waals surface area (Å²) in [6.45, 7) is 0.516. The molecule has 1 saturated carbocycles. The Balaban J connectivity index is 1.63. The van der Waals surface area contributed by atoms with Gasteiger partial charge in [-0.25, -0.2) is 0 Å².